The van der Waals surface area contributed by atoms with Crippen molar-refractivity contribution in [3.63, 3.8) is 0 Å². The van der Waals surface area contributed by atoms with Crippen LogP contribution in [0.2, 0.25) is 0 Å². The smallest absolute Gasteiger partial charge is 0.330 e. The first-order valence-corrected chi connectivity index (χ1v) is 24.1. The van der Waals surface area contributed by atoms with E-state index < -0.39 is 6.29 Å². The lowest BCUT2D eigenvalue weighted by atomic mass is 9.77. The number of anilines is 1. The van der Waals surface area contributed by atoms with Crippen molar-refractivity contribution >= 4 is 44.8 Å². The van der Waals surface area contributed by atoms with E-state index in [1.54, 1.807) is 36.8 Å². The number of benzene rings is 3. The lowest BCUT2D eigenvalue weighted by Gasteiger charge is -2.30. The number of carbonyl (C=O) groups excluding carboxylic acids is 2. The number of unbranched alkanes of at least 4 members (excludes halogenated alkanes) is 3. The van der Waals surface area contributed by atoms with Crippen molar-refractivity contribution in [1.29, 1.82) is 0 Å². The average molecular weight is 898 g/mol. The van der Waals surface area contributed by atoms with E-state index in [2.05, 4.69) is 31.7 Å². The summed E-state index contributed by atoms with van der Waals surface area (Å²) in [6, 6.07) is 21.6. The molecule has 2 fully saturated rings. The zero-order valence-corrected chi connectivity index (χ0v) is 38.5. The highest BCUT2D eigenvalue weighted by Gasteiger charge is 2.33. The van der Waals surface area contributed by atoms with E-state index in [-0.39, 0.29) is 23.8 Å². The number of methoxy groups -OCH3 is 1. The van der Waals surface area contributed by atoms with Crippen LogP contribution in [0.5, 0.6) is 17.2 Å². The number of fused-ring (bicyclic) bond motifs is 1. The zero-order chi connectivity index (χ0) is 44.9. The molecule has 64 heavy (non-hydrogen) atoms. The van der Waals surface area contributed by atoms with Gasteiger partial charge < -0.3 is 33.5 Å². The maximum Gasteiger partial charge on any atom is 0.330 e. The summed E-state index contributed by atoms with van der Waals surface area (Å²) < 4.78 is 35.1. The van der Waals surface area contributed by atoms with E-state index >= 15 is 0 Å². The van der Waals surface area contributed by atoms with Crippen LogP contribution in [-0.2, 0) is 23.8 Å². The number of nitrogens with zero attached hydrogens (tertiary/aromatic N) is 3. The second-order valence-corrected chi connectivity index (χ2v) is 17.9. The van der Waals surface area contributed by atoms with Gasteiger partial charge in [0.25, 0.3) is 0 Å². The Morgan fingerprint density at radius 2 is 1.64 bits per heavy atom. The zero-order valence-electron chi connectivity index (χ0n) is 37.7. The number of esters is 2. The fourth-order valence-electron chi connectivity index (χ4n) is 8.57. The van der Waals surface area contributed by atoms with E-state index in [1.165, 1.54) is 37.3 Å². The van der Waals surface area contributed by atoms with E-state index in [9.17, 15) is 14.7 Å². The first-order valence-electron chi connectivity index (χ1n) is 23.3. The van der Waals surface area contributed by atoms with Gasteiger partial charge in [0.2, 0.25) is 5.13 Å². The molecule has 0 bridgehead atoms. The predicted octanol–water partition coefficient (Wildman–Crippen LogP) is 10.7. The molecular formula is C51H67N3O9S. The van der Waals surface area contributed by atoms with Gasteiger partial charge in [-0.3, -0.25) is 4.79 Å². The topological polar surface area (TPSA) is 138 Å². The first kappa shape index (κ1) is 48.6. The molecule has 1 atom stereocenters. The van der Waals surface area contributed by atoms with Crippen molar-refractivity contribution in [2.24, 2.45) is 22.9 Å². The highest BCUT2D eigenvalue weighted by atomic mass is 32.1. The SMILES string of the molecule is C=CC(=O)OCCCCCCOc1ccc(OC(O)C2CCC(C(=O)Oc3ccc(C4CCC(CCC)CC4)cc3/C=N/N(CCOCCOC)c3nc4ccccc4s3)CC2)cc1. The second kappa shape index (κ2) is 26.2. The molecule has 2 aliphatic rings. The predicted molar refractivity (Wildman–Crippen MR) is 253 cm³/mol. The van der Waals surface area contributed by atoms with Crippen LogP contribution >= 0.6 is 11.3 Å². The Hall–Kier alpha value is -4.82. The van der Waals surface area contributed by atoms with Gasteiger partial charge in [-0.05, 0) is 143 Å². The highest BCUT2D eigenvalue weighted by Crippen LogP contribution is 2.39. The van der Waals surface area contributed by atoms with Gasteiger partial charge in [0, 0.05) is 24.7 Å². The van der Waals surface area contributed by atoms with Crippen LogP contribution in [0.4, 0.5) is 5.13 Å². The summed E-state index contributed by atoms with van der Waals surface area (Å²) in [6.07, 6.45) is 15.3. The molecule has 6 rings (SSSR count). The van der Waals surface area contributed by atoms with E-state index in [0.717, 1.165) is 71.1 Å². The van der Waals surface area contributed by atoms with E-state index in [1.807, 2.05) is 41.4 Å². The van der Waals surface area contributed by atoms with Gasteiger partial charge in [-0.1, -0.05) is 55.9 Å². The van der Waals surface area contributed by atoms with Crippen molar-refractivity contribution in [3.8, 4) is 17.2 Å². The number of para-hydroxylation sites is 1. The molecule has 1 heterocycles. The second-order valence-electron chi connectivity index (χ2n) is 16.9. The van der Waals surface area contributed by atoms with Crippen LogP contribution in [-0.4, -0.2) is 81.2 Å². The van der Waals surface area contributed by atoms with Gasteiger partial charge in [0.15, 0.2) is 6.29 Å². The van der Waals surface area contributed by atoms with Crippen molar-refractivity contribution < 1.29 is 43.1 Å². The molecule has 2 saturated carbocycles. The summed E-state index contributed by atoms with van der Waals surface area (Å²) in [5.74, 6) is 1.96. The maximum absolute atomic E-state index is 13.8. The Morgan fingerprint density at radius 1 is 0.891 bits per heavy atom. The van der Waals surface area contributed by atoms with Crippen LogP contribution in [0.3, 0.4) is 0 Å². The van der Waals surface area contributed by atoms with Gasteiger partial charge in [-0.25, -0.2) is 14.8 Å². The molecule has 2 aliphatic carbocycles. The third-order valence-corrected chi connectivity index (χ3v) is 13.3. The summed E-state index contributed by atoms with van der Waals surface area (Å²) in [6.45, 7) is 8.56. The molecule has 0 spiro atoms. The number of rotatable bonds is 26. The van der Waals surface area contributed by atoms with Crippen LogP contribution in [0.25, 0.3) is 10.2 Å². The summed E-state index contributed by atoms with van der Waals surface area (Å²) in [5, 5.41) is 18.7. The maximum atomic E-state index is 13.8. The van der Waals surface area contributed by atoms with E-state index in [0.29, 0.717) is 82.7 Å². The van der Waals surface area contributed by atoms with Crippen molar-refractivity contribution in [2.45, 2.75) is 109 Å². The van der Waals surface area contributed by atoms with Gasteiger partial charge in [-0.15, -0.1) is 0 Å². The standard InChI is InChI=1S/C51H67N3O9S/c1-4-12-37-15-17-38(18-16-37)41-23-28-46(42(35-41)36-52-54(29-32-59-34-33-58-3)51-53-45-13-8-9-14-47(45)64-51)63-50(57)40-21-19-39(20-22-40)49(56)62-44-26-24-43(25-27-44)60-30-10-6-7-11-31-61-48(55)5-2/h5,8-9,13-14,23-28,35-40,49,56H,2,4,6-7,10-12,15-22,29-34H2,1,3H3/b52-36+. The van der Waals surface area contributed by atoms with Crippen molar-refractivity contribution in [2.75, 3.05) is 51.7 Å². The number of hydrogen-bond acceptors (Lipinski definition) is 13. The van der Waals surface area contributed by atoms with Crippen LogP contribution in [0.1, 0.15) is 114 Å². The Labute approximate surface area is 382 Å². The molecule has 12 nitrogen and oxygen atoms in total. The van der Waals surface area contributed by atoms with E-state index in [4.69, 9.17) is 38.5 Å². The molecule has 0 saturated heterocycles. The van der Waals surface area contributed by atoms with Crippen molar-refractivity contribution in [1.82, 2.24) is 4.98 Å². The van der Waals surface area contributed by atoms with Gasteiger partial charge in [0.05, 0.1) is 61.9 Å². The summed E-state index contributed by atoms with van der Waals surface area (Å²) in [7, 11) is 1.66. The van der Waals surface area contributed by atoms with Crippen molar-refractivity contribution in [3.05, 3.63) is 90.5 Å². The monoisotopic (exact) mass is 897 g/mol. The number of carbonyl (C=O) groups is 2. The number of ether oxygens (including phenoxy) is 6. The molecule has 0 aliphatic heterocycles. The minimum Gasteiger partial charge on any atom is -0.494 e. The first-order chi connectivity index (χ1) is 31.3. The number of aliphatic hydroxyl groups is 1. The summed E-state index contributed by atoms with van der Waals surface area (Å²) in [4.78, 5) is 29.8. The number of aromatic nitrogens is 1. The average Bonchev–Trinajstić information content (AvgIpc) is 3.76. The number of aliphatic hydroxyl groups excluding tert-OH is 1. The summed E-state index contributed by atoms with van der Waals surface area (Å²) >= 11 is 1.57. The molecule has 13 heteroatoms. The van der Waals surface area contributed by atoms with Crippen LogP contribution in [0.15, 0.2) is 84.5 Å². The lowest BCUT2D eigenvalue weighted by molar-refractivity contribution is -0.142. The molecule has 1 aromatic heterocycles. The normalized spacial score (nSPS) is 19.3. The number of hydrazone groups is 1. The largest absolute Gasteiger partial charge is 0.494 e. The van der Waals surface area contributed by atoms with Gasteiger partial charge in [0.1, 0.15) is 17.2 Å². The Morgan fingerprint density at radius 3 is 2.38 bits per heavy atom. The molecule has 0 radical (unpaired) electrons. The molecule has 4 aromatic rings. The molecule has 3 aromatic carbocycles. The Balaban J connectivity index is 1.04. The third-order valence-electron chi connectivity index (χ3n) is 12.3. The molecule has 1 N–H and O–H groups in total. The van der Waals surface area contributed by atoms with Gasteiger partial charge >= 0.3 is 11.9 Å². The number of hydrogen-bond donors (Lipinski definition) is 1. The molecular weight excluding hydrogens is 831 g/mol. The minimum absolute atomic E-state index is 0.110. The fraction of sp³-hybridized carbons (Fsp3) is 0.529. The Bertz CT molecular complexity index is 2020. The summed E-state index contributed by atoms with van der Waals surface area (Å²) in [5.41, 5.74) is 2.91. The Kier molecular flexibility index (Phi) is 19.9. The molecule has 1 unspecified atom stereocenters. The van der Waals surface area contributed by atoms with Crippen LogP contribution in [0, 0.1) is 17.8 Å². The third kappa shape index (κ3) is 15.1. The highest BCUT2D eigenvalue weighted by molar-refractivity contribution is 7.22. The lowest BCUT2D eigenvalue weighted by Crippen LogP contribution is -2.33. The number of thiazole rings is 1. The molecule has 346 valence electrons. The quantitative estimate of drug-likeness (QED) is 0.0123. The fourth-order valence-corrected chi connectivity index (χ4v) is 9.52. The minimum atomic E-state index is -0.995. The van der Waals surface area contributed by atoms with Crippen LogP contribution < -0.4 is 19.2 Å². The van der Waals surface area contributed by atoms with Gasteiger partial charge in [-0.2, -0.15) is 5.10 Å². The molecule has 0 amide bonds.